The number of β-amino-alcohol motifs (C(OH)–C–C–N with tert-alkyl or cyclic N) is 1. The molecule has 5 heterocycles. The van der Waals surface area contributed by atoms with E-state index in [0.717, 1.165) is 47.9 Å². The molecule has 2 aliphatic rings. The summed E-state index contributed by atoms with van der Waals surface area (Å²) in [5.41, 5.74) is 3.19. The van der Waals surface area contributed by atoms with E-state index in [1.165, 1.54) is 5.56 Å². The van der Waals surface area contributed by atoms with Crippen molar-refractivity contribution in [3.63, 3.8) is 0 Å². The minimum absolute atomic E-state index is 0.126. The lowest BCUT2D eigenvalue weighted by Crippen LogP contribution is -2.44. The number of hydrogen-bond acceptors (Lipinski definition) is 7. The van der Waals surface area contributed by atoms with Crippen molar-refractivity contribution in [2.24, 2.45) is 0 Å². The Kier molecular flexibility index (Phi) is 3.98. The van der Waals surface area contributed by atoms with Crippen molar-refractivity contribution < 1.29 is 9.84 Å². The summed E-state index contributed by atoms with van der Waals surface area (Å²) in [5, 5.41) is 22.1. The van der Waals surface area contributed by atoms with Crippen LogP contribution in [-0.4, -0.2) is 75.6 Å². The maximum atomic E-state index is 9.52. The zero-order chi connectivity index (χ0) is 18.4. The molecule has 9 heteroatoms. The number of ether oxygens (including phenoxy) is 1. The Morgan fingerprint density at radius 2 is 2.30 bits per heavy atom. The molecule has 0 radical (unpaired) electrons. The molecule has 1 atom stereocenters. The summed E-state index contributed by atoms with van der Waals surface area (Å²) in [4.78, 5) is 9.65. The Morgan fingerprint density at radius 1 is 1.37 bits per heavy atom. The van der Waals surface area contributed by atoms with Crippen molar-refractivity contribution in [3.8, 4) is 5.82 Å². The average molecular weight is 369 g/mol. The Balaban J connectivity index is 1.73. The lowest BCUT2D eigenvalue weighted by molar-refractivity contribution is 0.0985. The fraction of sp³-hybridized carbons (Fsp3) is 0.500. The van der Waals surface area contributed by atoms with Crippen molar-refractivity contribution in [2.45, 2.75) is 19.4 Å². The van der Waals surface area contributed by atoms with Crippen LogP contribution in [0.25, 0.3) is 16.9 Å². The molecule has 2 aliphatic heterocycles. The molecule has 9 nitrogen and oxygen atoms in total. The quantitative estimate of drug-likeness (QED) is 0.700. The zero-order valence-corrected chi connectivity index (χ0v) is 15.3. The van der Waals surface area contributed by atoms with Crippen LogP contribution < -0.4 is 9.80 Å². The smallest absolute Gasteiger partial charge is 0.169 e. The van der Waals surface area contributed by atoms with Gasteiger partial charge in [0.1, 0.15) is 5.82 Å². The summed E-state index contributed by atoms with van der Waals surface area (Å²) in [5.74, 6) is 1.79. The van der Waals surface area contributed by atoms with Gasteiger partial charge in [-0.1, -0.05) is 0 Å². The predicted octanol–water partition coefficient (Wildman–Crippen LogP) is 0.723. The standard InChI is InChI=1S/C18H23N7O2/c1-12-11-27-9-7-24(12)17-13-3-5-23(6-8-26)16(13)14-10-20-25(18(14)21-17)15-2-4-19-22-15/h2,4,10,12,26H,3,5-9,11H2,1H3,(H,19,22)/t12-/m1/s1. The molecule has 1 fully saturated rings. The zero-order valence-electron chi connectivity index (χ0n) is 15.3. The largest absolute Gasteiger partial charge is 0.395 e. The number of aromatic amines is 1. The summed E-state index contributed by atoms with van der Waals surface area (Å²) in [7, 11) is 0. The first-order valence-electron chi connectivity index (χ1n) is 9.38. The predicted molar refractivity (Wildman–Crippen MR) is 102 cm³/mol. The van der Waals surface area contributed by atoms with Gasteiger partial charge in [0.25, 0.3) is 0 Å². The van der Waals surface area contributed by atoms with Gasteiger partial charge >= 0.3 is 0 Å². The lowest BCUT2D eigenvalue weighted by atomic mass is 10.1. The molecule has 3 aromatic heterocycles. The van der Waals surface area contributed by atoms with E-state index in [2.05, 4.69) is 32.0 Å². The number of nitrogens with one attached hydrogen (secondary N) is 1. The first-order valence-corrected chi connectivity index (χ1v) is 9.38. The van der Waals surface area contributed by atoms with Gasteiger partial charge in [0.2, 0.25) is 0 Å². The molecule has 0 amide bonds. The molecular formula is C18H23N7O2. The monoisotopic (exact) mass is 369 g/mol. The van der Waals surface area contributed by atoms with Crippen LogP contribution in [0.1, 0.15) is 12.5 Å². The summed E-state index contributed by atoms with van der Waals surface area (Å²) < 4.78 is 7.42. The number of morpholine rings is 1. The number of rotatable bonds is 4. The third-order valence-corrected chi connectivity index (χ3v) is 5.44. The summed E-state index contributed by atoms with van der Waals surface area (Å²) in [6.07, 6.45) is 4.50. The number of aliphatic hydroxyl groups excluding tert-OH is 1. The minimum atomic E-state index is 0.126. The van der Waals surface area contributed by atoms with Gasteiger partial charge in [-0.3, -0.25) is 5.10 Å². The van der Waals surface area contributed by atoms with Gasteiger partial charge in [-0.15, -0.1) is 0 Å². The van der Waals surface area contributed by atoms with Crippen molar-refractivity contribution in [1.82, 2.24) is 25.0 Å². The molecule has 0 bridgehead atoms. The van der Waals surface area contributed by atoms with E-state index in [0.29, 0.717) is 19.8 Å². The van der Waals surface area contributed by atoms with Crippen LogP contribution in [0.4, 0.5) is 11.5 Å². The molecule has 142 valence electrons. The molecule has 1 saturated heterocycles. The van der Waals surface area contributed by atoms with Gasteiger partial charge in [-0.05, 0) is 13.3 Å². The van der Waals surface area contributed by atoms with E-state index in [9.17, 15) is 5.11 Å². The highest BCUT2D eigenvalue weighted by molar-refractivity contribution is 5.96. The number of H-pyrrole nitrogens is 1. The number of hydrogen-bond donors (Lipinski definition) is 2. The number of nitrogens with zero attached hydrogens (tertiary/aromatic N) is 6. The topological polar surface area (TPSA) is 95.3 Å². The van der Waals surface area contributed by atoms with Gasteiger partial charge in [0.05, 0.1) is 49.3 Å². The number of fused-ring (bicyclic) bond motifs is 3. The first-order chi connectivity index (χ1) is 13.3. The van der Waals surface area contributed by atoms with Crippen LogP contribution in [0.5, 0.6) is 0 Å². The van der Waals surface area contributed by atoms with Crippen molar-refractivity contribution in [1.29, 1.82) is 0 Å². The Hall–Kier alpha value is -2.65. The molecule has 0 saturated carbocycles. The highest BCUT2D eigenvalue weighted by Gasteiger charge is 2.32. The molecule has 0 aromatic carbocycles. The molecule has 0 spiro atoms. The van der Waals surface area contributed by atoms with Gasteiger partial charge < -0.3 is 19.6 Å². The Labute approximate surface area is 156 Å². The number of pyridine rings is 1. The van der Waals surface area contributed by atoms with E-state index >= 15 is 0 Å². The second-order valence-electron chi connectivity index (χ2n) is 7.08. The maximum absolute atomic E-state index is 9.52. The van der Waals surface area contributed by atoms with Crippen LogP contribution in [-0.2, 0) is 11.2 Å². The van der Waals surface area contributed by atoms with Crippen LogP contribution in [0, 0.1) is 0 Å². The minimum Gasteiger partial charge on any atom is -0.395 e. The van der Waals surface area contributed by atoms with E-state index in [1.54, 1.807) is 10.9 Å². The third-order valence-electron chi connectivity index (χ3n) is 5.44. The molecule has 5 rings (SSSR count). The number of aliphatic hydroxyl groups is 1. The lowest BCUT2D eigenvalue weighted by Gasteiger charge is -2.35. The Bertz CT molecular complexity index is 952. The molecule has 0 unspecified atom stereocenters. The van der Waals surface area contributed by atoms with Crippen molar-refractivity contribution in [2.75, 3.05) is 49.3 Å². The van der Waals surface area contributed by atoms with Crippen LogP contribution >= 0.6 is 0 Å². The molecule has 3 aromatic rings. The normalized spacial score (nSPS) is 19.9. The second kappa shape index (κ2) is 6.50. The highest BCUT2D eigenvalue weighted by atomic mass is 16.5. The van der Waals surface area contributed by atoms with E-state index in [4.69, 9.17) is 9.72 Å². The molecule has 27 heavy (non-hydrogen) atoms. The molecule has 2 N–H and O–H groups in total. The van der Waals surface area contributed by atoms with Crippen molar-refractivity contribution >= 4 is 22.5 Å². The van der Waals surface area contributed by atoms with Crippen LogP contribution in [0.2, 0.25) is 0 Å². The van der Waals surface area contributed by atoms with Gasteiger partial charge in [0.15, 0.2) is 11.5 Å². The van der Waals surface area contributed by atoms with Crippen molar-refractivity contribution in [3.05, 3.63) is 24.0 Å². The fourth-order valence-electron chi connectivity index (χ4n) is 4.17. The maximum Gasteiger partial charge on any atom is 0.169 e. The van der Waals surface area contributed by atoms with E-state index in [-0.39, 0.29) is 12.6 Å². The van der Waals surface area contributed by atoms with Gasteiger partial charge in [-0.25, -0.2) is 4.98 Å². The summed E-state index contributed by atoms with van der Waals surface area (Å²) in [6, 6.07) is 2.15. The average Bonchev–Trinajstić information content (AvgIpc) is 3.41. The summed E-state index contributed by atoms with van der Waals surface area (Å²) in [6.45, 7) is 6.03. The van der Waals surface area contributed by atoms with E-state index < -0.39 is 0 Å². The first kappa shape index (κ1) is 16.5. The molecular weight excluding hydrogens is 346 g/mol. The van der Waals surface area contributed by atoms with Crippen LogP contribution in [0.15, 0.2) is 18.5 Å². The summed E-state index contributed by atoms with van der Waals surface area (Å²) >= 11 is 0. The van der Waals surface area contributed by atoms with Crippen LogP contribution in [0.3, 0.4) is 0 Å². The fourth-order valence-corrected chi connectivity index (χ4v) is 4.17. The van der Waals surface area contributed by atoms with Gasteiger partial charge in [-0.2, -0.15) is 14.9 Å². The molecule has 0 aliphatic carbocycles. The van der Waals surface area contributed by atoms with E-state index in [1.807, 2.05) is 12.3 Å². The second-order valence-corrected chi connectivity index (χ2v) is 7.08. The Morgan fingerprint density at radius 3 is 3.07 bits per heavy atom. The number of aromatic nitrogens is 5. The SMILES string of the molecule is C[C@@H]1COCCN1c1nc2c(cnn2-c2ccn[nH]2)c2c1CCN2CCO. The highest BCUT2D eigenvalue weighted by Crippen LogP contribution is 2.41. The third kappa shape index (κ3) is 2.57. The number of anilines is 2. The van der Waals surface area contributed by atoms with Gasteiger partial charge in [0, 0.05) is 31.3 Å².